The normalized spacial score (nSPS) is 14.9. The van der Waals surface area contributed by atoms with Crippen molar-refractivity contribution in [2.75, 3.05) is 18.0 Å². The molecule has 0 unspecified atom stereocenters. The summed E-state index contributed by atoms with van der Waals surface area (Å²) < 4.78 is 48.1. The summed E-state index contributed by atoms with van der Waals surface area (Å²) >= 11 is 0. The number of halogens is 3. The average Bonchev–Trinajstić information content (AvgIpc) is 3.47. The molecule has 0 spiro atoms. The van der Waals surface area contributed by atoms with Crippen molar-refractivity contribution in [3.8, 4) is 28.9 Å². The van der Waals surface area contributed by atoms with Gasteiger partial charge in [0.2, 0.25) is 11.6 Å². The smallest absolute Gasteiger partial charge is 0.406 e. The summed E-state index contributed by atoms with van der Waals surface area (Å²) in [5.74, 6) is 1.75. The molecule has 2 aromatic carbocycles. The Labute approximate surface area is 205 Å². The molecule has 1 saturated heterocycles. The van der Waals surface area contributed by atoms with Crippen molar-refractivity contribution < 1.29 is 22.4 Å². The molecule has 1 fully saturated rings. The number of ether oxygens (including phenoxy) is 1. The lowest BCUT2D eigenvalue weighted by Crippen LogP contribution is -2.32. The molecule has 0 radical (unpaired) electrons. The lowest BCUT2D eigenvalue weighted by Gasteiger charge is -2.32. The Morgan fingerprint density at radius 1 is 1.03 bits per heavy atom. The minimum absolute atomic E-state index is 0.124. The fraction of sp³-hybridized carbons (Fsp3) is 0.360. The number of hydrogen-bond donors (Lipinski definition) is 0. The summed E-state index contributed by atoms with van der Waals surface area (Å²) in [6.07, 6.45) is -2.35. The minimum Gasteiger partial charge on any atom is -0.406 e. The summed E-state index contributed by atoms with van der Waals surface area (Å²) in [6.45, 7) is 6.82. The van der Waals surface area contributed by atoms with E-state index in [9.17, 15) is 13.2 Å². The molecule has 0 aliphatic carbocycles. The van der Waals surface area contributed by atoms with Crippen LogP contribution in [0.2, 0.25) is 0 Å². The fourth-order valence-corrected chi connectivity index (χ4v) is 4.19. The van der Waals surface area contributed by atoms with E-state index in [1.165, 1.54) is 42.8 Å². The first-order valence-corrected chi connectivity index (χ1v) is 11.7. The van der Waals surface area contributed by atoms with E-state index in [0.717, 1.165) is 24.6 Å². The average molecular weight is 499 g/mol. The highest BCUT2D eigenvalue weighted by molar-refractivity contribution is 5.58. The maximum atomic E-state index is 12.4. The SMILES string of the molecule is Cc1nc(-c2nc(-c3ccc(OC(F)(F)F)cc3)no2)nn1Cc1cccc(N2CCC(C)CC2)c1. The van der Waals surface area contributed by atoms with Crippen LogP contribution in [-0.2, 0) is 6.54 Å². The van der Waals surface area contributed by atoms with Crippen molar-refractivity contribution in [1.29, 1.82) is 0 Å². The molecule has 0 N–H and O–H groups in total. The number of piperidine rings is 1. The van der Waals surface area contributed by atoms with Gasteiger partial charge in [0.25, 0.3) is 5.89 Å². The predicted molar refractivity (Wildman–Crippen MR) is 126 cm³/mol. The maximum Gasteiger partial charge on any atom is 0.573 e. The molecule has 0 saturated carbocycles. The zero-order valence-electron chi connectivity index (χ0n) is 19.9. The Kier molecular flexibility index (Phi) is 6.38. The van der Waals surface area contributed by atoms with Crippen LogP contribution in [0.3, 0.4) is 0 Å². The third-order valence-electron chi connectivity index (χ3n) is 6.21. The molecule has 8 nitrogen and oxygen atoms in total. The molecule has 0 amide bonds. The number of rotatable bonds is 6. The number of benzene rings is 2. The van der Waals surface area contributed by atoms with E-state index in [4.69, 9.17) is 4.52 Å². The van der Waals surface area contributed by atoms with Crippen LogP contribution in [-0.4, -0.2) is 44.4 Å². The van der Waals surface area contributed by atoms with Crippen LogP contribution in [0.4, 0.5) is 18.9 Å². The topological polar surface area (TPSA) is 82.1 Å². The van der Waals surface area contributed by atoms with E-state index in [0.29, 0.717) is 17.9 Å². The lowest BCUT2D eigenvalue weighted by atomic mass is 9.98. The van der Waals surface area contributed by atoms with E-state index in [1.54, 1.807) is 4.68 Å². The van der Waals surface area contributed by atoms with Crippen molar-refractivity contribution >= 4 is 5.69 Å². The van der Waals surface area contributed by atoms with E-state index >= 15 is 0 Å². The minimum atomic E-state index is -4.75. The van der Waals surface area contributed by atoms with Gasteiger partial charge in [-0.3, -0.25) is 0 Å². The van der Waals surface area contributed by atoms with Crippen LogP contribution in [0, 0.1) is 12.8 Å². The quantitative estimate of drug-likeness (QED) is 0.348. The molecule has 5 rings (SSSR count). The molecule has 188 valence electrons. The Morgan fingerprint density at radius 3 is 2.50 bits per heavy atom. The van der Waals surface area contributed by atoms with Gasteiger partial charge in [0.1, 0.15) is 11.6 Å². The van der Waals surface area contributed by atoms with Gasteiger partial charge in [0.05, 0.1) is 6.54 Å². The Morgan fingerprint density at radius 2 is 1.78 bits per heavy atom. The summed E-state index contributed by atoms with van der Waals surface area (Å²) in [5, 5.41) is 8.45. The van der Waals surface area contributed by atoms with Crippen LogP contribution >= 0.6 is 0 Å². The lowest BCUT2D eigenvalue weighted by molar-refractivity contribution is -0.274. The van der Waals surface area contributed by atoms with Gasteiger partial charge >= 0.3 is 6.36 Å². The highest BCUT2D eigenvalue weighted by Crippen LogP contribution is 2.27. The Balaban J connectivity index is 1.29. The summed E-state index contributed by atoms with van der Waals surface area (Å²) in [5.41, 5.74) is 2.79. The molecule has 1 aliphatic rings. The second-order valence-electron chi connectivity index (χ2n) is 8.98. The molecular formula is C25H25F3N6O2. The number of hydrogen-bond acceptors (Lipinski definition) is 7. The predicted octanol–water partition coefficient (Wildman–Crippen LogP) is 5.49. The van der Waals surface area contributed by atoms with Gasteiger partial charge in [0.15, 0.2) is 0 Å². The maximum absolute atomic E-state index is 12.4. The summed E-state index contributed by atoms with van der Waals surface area (Å²) in [7, 11) is 0. The molecular weight excluding hydrogens is 473 g/mol. The van der Waals surface area contributed by atoms with E-state index < -0.39 is 6.36 Å². The van der Waals surface area contributed by atoms with Crippen LogP contribution in [0.5, 0.6) is 5.75 Å². The van der Waals surface area contributed by atoms with Crippen LogP contribution in [0.25, 0.3) is 23.1 Å². The third-order valence-corrected chi connectivity index (χ3v) is 6.21. The summed E-state index contributed by atoms with van der Waals surface area (Å²) in [6, 6.07) is 13.7. The first kappa shape index (κ1) is 23.8. The number of nitrogens with zero attached hydrogens (tertiary/aromatic N) is 6. The third kappa shape index (κ3) is 5.50. The molecule has 0 atom stereocenters. The molecule has 3 heterocycles. The standard InChI is InChI=1S/C25H25F3N6O2/c1-16-10-12-33(13-11-16)20-5-3-4-18(14-20)15-34-17(2)29-23(31-34)24-30-22(32-36-24)19-6-8-21(9-7-19)35-25(26,27)28/h3-9,14,16H,10-13,15H2,1-2H3. The molecule has 1 aliphatic heterocycles. The van der Waals surface area contributed by atoms with Gasteiger partial charge in [-0.05, 0) is 67.6 Å². The number of aryl methyl sites for hydroxylation is 1. The van der Waals surface area contributed by atoms with Crippen LogP contribution in [0.1, 0.15) is 31.2 Å². The van der Waals surface area contributed by atoms with Crippen molar-refractivity contribution in [2.24, 2.45) is 5.92 Å². The second kappa shape index (κ2) is 9.63. The van der Waals surface area contributed by atoms with Crippen molar-refractivity contribution in [3.05, 3.63) is 59.9 Å². The molecule has 0 bridgehead atoms. The number of anilines is 1. The van der Waals surface area contributed by atoms with Gasteiger partial charge in [-0.15, -0.1) is 18.3 Å². The molecule has 36 heavy (non-hydrogen) atoms. The van der Waals surface area contributed by atoms with Gasteiger partial charge in [-0.2, -0.15) is 4.98 Å². The van der Waals surface area contributed by atoms with Crippen LogP contribution in [0.15, 0.2) is 53.1 Å². The first-order valence-electron chi connectivity index (χ1n) is 11.7. The van der Waals surface area contributed by atoms with E-state index in [1.807, 2.05) is 6.92 Å². The van der Waals surface area contributed by atoms with E-state index in [-0.39, 0.29) is 23.3 Å². The fourth-order valence-electron chi connectivity index (χ4n) is 4.19. The molecule has 11 heteroatoms. The van der Waals surface area contributed by atoms with Gasteiger partial charge in [-0.25, -0.2) is 9.67 Å². The highest BCUT2D eigenvalue weighted by atomic mass is 19.4. The van der Waals surface area contributed by atoms with Gasteiger partial charge in [-0.1, -0.05) is 24.2 Å². The van der Waals surface area contributed by atoms with Crippen LogP contribution < -0.4 is 9.64 Å². The van der Waals surface area contributed by atoms with E-state index in [2.05, 4.69) is 61.0 Å². The zero-order chi connectivity index (χ0) is 25.3. The second-order valence-corrected chi connectivity index (χ2v) is 8.98. The number of alkyl halides is 3. The Hall–Kier alpha value is -3.89. The van der Waals surface area contributed by atoms with Crippen molar-refractivity contribution in [2.45, 2.75) is 39.6 Å². The zero-order valence-corrected chi connectivity index (χ0v) is 19.9. The largest absolute Gasteiger partial charge is 0.573 e. The van der Waals surface area contributed by atoms with Crippen molar-refractivity contribution in [3.63, 3.8) is 0 Å². The Bertz CT molecular complexity index is 1320. The molecule has 4 aromatic rings. The first-order chi connectivity index (χ1) is 17.2. The van der Waals surface area contributed by atoms with Gasteiger partial charge in [0, 0.05) is 24.3 Å². The summed E-state index contributed by atoms with van der Waals surface area (Å²) in [4.78, 5) is 11.2. The van der Waals surface area contributed by atoms with Crippen molar-refractivity contribution in [1.82, 2.24) is 24.9 Å². The number of aromatic nitrogens is 5. The highest BCUT2D eigenvalue weighted by Gasteiger charge is 2.31. The van der Waals surface area contributed by atoms with Gasteiger partial charge < -0.3 is 14.2 Å². The monoisotopic (exact) mass is 498 g/mol. The molecule has 2 aromatic heterocycles.